The molecule has 2 aromatic rings. The fraction of sp³-hybridized carbons (Fsp3) is 0.429. The lowest BCUT2D eigenvalue weighted by Gasteiger charge is -2.37. The number of methoxy groups -OCH3 is 1. The number of benzene rings is 1. The molecule has 150 valence electrons. The van der Waals surface area contributed by atoms with Crippen LogP contribution in [0.15, 0.2) is 42.6 Å². The zero-order valence-electron chi connectivity index (χ0n) is 16.9. The molecule has 1 aromatic heterocycles. The van der Waals surface area contributed by atoms with Gasteiger partial charge in [-0.2, -0.15) is 0 Å². The highest BCUT2D eigenvalue weighted by atomic mass is 16.5. The average molecular weight is 383 g/mol. The molecule has 2 heterocycles. The molecule has 1 saturated heterocycles. The Balaban J connectivity index is 1.61. The van der Waals surface area contributed by atoms with E-state index < -0.39 is 0 Å². The fourth-order valence-corrected chi connectivity index (χ4v) is 3.32. The molecule has 0 radical (unpaired) electrons. The topological polar surface area (TPSA) is 60.9 Å². The van der Waals surface area contributed by atoms with Crippen molar-refractivity contribution >= 4 is 17.3 Å². The van der Waals surface area contributed by atoms with Crippen LogP contribution in [0.4, 0.5) is 11.4 Å². The molecule has 1 aromatic carbocycles. The van der Waals surface area contributed by atoms with E-state index in [9.17, 15) is 4.79 Å². The molecule has 0 atom stereocenters. The van der Waals surface area contributed by atoms with Gasteiger partial charge in [-0.15, -0.1) is 0 Å². The lowest BCUT2D eigenvalue weighted by molar-refractivity contribution is 0.0946. The minimum atomic E-state index is -0.128. The maximum Gasteiger partial charge on any atom is 0.269 e. The number of likely N-dealkylation sites (N-methyl/N-ethyl adjacent to an activating group) is 1. The predicted molar refractivity (Wildman–Crippen MR) is 113 cm³/mol. The minimum Gasteiger partial charge on any atom is -0.495 e. The molecule has 28 heavy (non-hydrogen) atoms. The van der Waals surface area contributed by atoms with Gasteiger partial charge in [0.05, 0.1) is 12.8 Å². The van der Waals surface area contributed by atoms with Gasteiger partial charge in [0.15, 0.2) is 0 Å². The van der Waals surface area contributed by atoms with Gasteiger partial charge in [0.25, 0.3) is 5.91 Å². The molecule has 0 unspecified atom stereocenters. The lowest BCUT2D eigenvalue weighted by atomic mass is 10.2. The second-order valence-electron chi connectivity index (χ2n) is 7.10. The van der Waals surface area contributed by atoms with Crippen LogP contribution in [0, 0.1) is 0 Å². The standard InChI is InChI=1S/C21H29N5O2/c1-24(2)11-10-23-21(27)18-16-17(8-9-22-18)25-12-14-26(15-13-25)19-6-4-5-7-20(19)28-3/h4-9,16H,10-15H2,1-3H3,(H,23,27). The van der Waals surface area contributed by atoms with Crippen molar-refractivity contribution in [3.05, 3.63) is 48.3 Å². The summed E-state index contributed by atoms with van der Waals surface area (Å²) in [5, 5.41) is 2.92. The van der Waals surface area contributed by atoms with Gasteiger partial charge in [0.2, 0.25) is 0 Å². The van der Waals surface area contributed by atoms with Gasteiger partial charge in [-0.1, -0.05) is 12.1 Å². The Bertz CT molecular complexity index is 788. The first-order valence-corrected chi connectivity index (χ1v) is 9.60. The molecule has 1 aliphatic rings. The van der Waals surface area contributed by atoms with E-state index in [-0.39, 0.29) is 5.91 Å². The Kier molecular flexibility index (Phi) is 6.71. The van der Waals surface area contributed by atoms with Crippen LogP contribution < -0.4 is 19.9 Å². The zero-order valence-corrected chi connectivity index (χ0v) is 16.9. The number of para-hydroxylation sites is 2. The Morgan fingerprint density at radius 3 is 2.57 bits per heavy atom. The number of pyridine rings is 1. The number of carbonyl (C=O) groups excluding carboxylic acids is 1. The molecule has 1 fully saturated rings. The van der Waals surface area contributed by atoms with Crippen LogP contribution in [0.1, 0.15) is 10.5 Å². The maximum absolute atomic E-state index is 12.3. The third-order valence-corrected chi connectivity index (χ3v) is 4.89. The molecule has 0 spiro atoms. The molecule has 3 rings (SSSR count). The largest absolute Gasteiger partial charge is 0.495 e. The minimum absolute atomic E-state index is 0.128. The van der Waals surface area contributed by atoms with Crippen LogP contribution in [0.5, 0.6) is 5.75 Å². The first-order valence-electron chi connectivity index (χ1n) is 9.60. The van der Waals surface area contributed by atoms with Gasteiger partial charge in [0.1, 0.15) is 11.4 Å². The van der Waals surface area contributed by atoms with E-state index in [0.717, 1.165) is 49.8 Å². The molecule has 7 nitrogen and oxygen atoms in total. The highest BCUT2D eigenvalue weighted by Gasteiger charge is 2.20. The van der Waals surface area contributed by atoms with Crippen LogP contribution in [0.2, 0.25) is 0 Å². The van der Waals surface area contributed by atoms with E-state index in [0.29, 0.717) is 12.2 Å². The van der Waals surface area contributed by atoms with Gasteiger partial charge >= 0.3 is 0 Å². The van der Waals surface area contributed by atoms with Crippen molar-refractivity contribution in [1.82, 2.24) is 15.2 Å². The Labute approximate surface area is 166 Å². The SMILES string of the molecule is COc1ccccc1N1CCN(c2ccnc(C(=O)NCCN(C)C)c2)CC1. The number of nitrogens with zero attached hydrogens (tertiary/aromatic N) is 4. The van der Waals surface area contributed by atoms with E-state index >= 15 is 0 Å². The molecule has 0 bridgehead atoms. The van der Waals surface area contributed by atoms with Crippen LogP contribution in [-0.2, 0) is 0 Å². The zero-order chi connectivity index (χ0) is 19.9. The lowest BCUT2D eigenvalue weighted by Crippen LogP contribution is -2.46. The Morgan fingerprint density at radius 2 is 1.86 bits per heavy atom. The third-order valence-electron chi connectivity index (χ3n) is 4.89. The van der Waals surface area contributed by atoms with Crippen molar-refractivity contribution in [2.45, 2.75) is 0 Å². The summed E-state index contributed by atoms with van der Waals surface area (Å²) in [5.41, 5.74) is 2.62. The van der Waals surface area contributed by atoms with Gasteiger partial charge in [-0.25, -0.2) is 0 Å². The van der Waals surface area contributed by atoms with Gasteiger partial charge in [0, 0.05) is 51.2 Å². The van der Waals surface area contributed by atoms with Crippen LogP contribution >= 0.6 is 0 Å². The number of aromatic nitrogens is 1. The van der Waals surface area contributed by atoms with E-state index in [1.807, 2.05) is 49.3 Å². The molecule has 1 amide bonds. The van der Waals surface area contributed by atoms with Gasteiger partial charge in [-0.05, 0) is 38.4 Å². The Hall–Kier alpha value is -2.80. The van der Waals surface area contributed by atoms with Crippen molar-refractivity contribution < 1.29 is 9.53 Å². The van der Waals surface area contributed by atoms with Gasteiger partial charge in [-0.3, -0.25) is 9.78 Å². The fourth-order valence-electron chi connectivity index (χ4n) is 3.32. The summed E-state index contributed by atoms with van der Waals surface area (Å²) in [6.45, 7) is 4.96. The van der Waals surface area contributed by atoms with Crippen molar-refractivity contribution in [3.8, 4) is 5.75 Å². The number of rotatable bonds is 7. The third kappa shape index (κ3) is 4.92. The summed E-state index contributed by atoms with van der Waals surface area (Å²) < 4.78 is 5.49. The van der Waals surface area contributed by atoms with Crippen LogP contribution in [0.3, 0.4) is 0 Å². The van der Waals surface area contributed by atoms with E-state index in [1.54, 1.807) is 13.3 Å². The van der Waals surface area contributed by atoms with Crippen molar-refractivity contribution in [2.24, 2.45) is 0 Å². The molecular weight excluding hydrogens is 354 g/mol. The molecule has 7 heteroatoms. The molecule has 1 aliphatic heterocycles. The number of anilines is 2. The second kappa shape index (κ2) is 9.41. The highest BCUT2D eigenvalue weighted by molar-refractivity contribution is 5.93. The second-order valence-corrected chi connectivity index (χ2v) is 7.10. The number of ether oxygens (including phenoxy) is 1. The quantitative estimate of drug-likeness (QED) is 0.786. The number of nitrogens with one attached hydrogen (secondary N) is 1. The smallest absolute Gasteiger partial charge is 0.269 e. The molecule has 0 saturated carbocycles. The first-order chi connectivity index (χ1) is 13.6. The summed E-state index contributed by atoms with van der Waals surface area (Å²) in [5.74, 6) is 0.771. The maximum atomic E-state index is 12.3. The van der Waals surface area contributed by atoms with E-state index in [4.69, 9.17) is 4.74 Å². The number of hydrogen-bond donors (Lipinski definition) is 1. The molecule has 0 aliphatic carbocycles. The molecule has 1 N–H and O–H groups in total. The van der Waals surface area contributed by atoms with Crippen LogP contribution in [-0.4, -0.2) is 76.3 Å². The molecular formula is C21H29N5O2. The number of hydrogen-bond acceptors (Lipinski definition) is 6. The van der Waals surface area contributed by atoms with Crippen molar-refractivity contribution in [3.63, 3.8) is 0 Å². The van der Waals surface area contributed by atoms with E-state index in [2.05, 4.69) is 26.2 Å². The highest BCUT2D eigenvalue weighted by Crippen LogP contribution is 2.29. The first kappa shape index (κ1) is 19.9. The monoisotopic (exact) mass is 383 g/mol. The number of piperazine rings is 1. The van der Waals surface area contributed by atoms with Crippen molar-refractivity contribution in [1.29, 1.82) is 0 Å². The Morgan fingerprint density at radius 1 is 1.14 bits per heavy atom. The predicted octanol–water partition coefficient (Wildman–Crippen LogP) is 1.71. The van der Waals surface area contributed by atoms with E-state index in [1.165, 1.54) is 0 Å². The summed E-state index contributed by atoms with van der Waals surface area (Å²) in [6.07, 6.45) is 1.71. The number of carbonyl (C=O) groups is 1. The van der Waals surface area contributed by atoms with Crippen LogP contribution in [0.25, 0.3) is 0 Å². The normalized spacial score (nSPS) is 14.3. The number of amides is 1. The summed E-state index contributed by atoms with van der Waals surface area (Å²) in [4.78, 5) is 23.2. The van der Waals surface area contributed by atoms with Crippen molar-refractivity contribution in [2.75, 3.05) is 70.3 Å². The summed E-state index contributed by atoms with van der Waals surface area (Å²) in [6, 6.07) is 12.0. The summed E-state index contributed by atoms with van der Waals surface area (Å²) in [7, 11) is 5.67. The summed E-state index contributed by atoms with van der Waals surface area (Å²) >= 11 is 0. The average Bonchev–Trinajstić information content (AvgIpc) is 2.73. The van der Waals surface area contributed by atoms with Gasteiger partial charge < -0.3 is 24.8 Å².